The van der Waals surface area contributed by atoms with Gasteiger partial charge >= 0.3 is 110 Å². The molecule has 58 valence electrons. The molecule has 0 N–H and O–H groups in total. The van der Waals surface area contributed by atoms with Crippen molar-refractivity contribution in [2.24, 2.45) is 0 Å². The van der Waals surface area contributed by atoms with Crippen molar-refractivity contribution in [2.75, 3.05) is 0 Å². The fraction of sp³-hybridized carbons (Fsp3) is 0.200. The van der Waals surface area contributed by atoms with E-state index in [0.29, 0.717) is 0 Å². The average molecular weight is 561 g/mol. The van der Waals surface area contributed by atoms with Crippen LogP contribution in [0.4, 0.5) is 0 Å². The number of hydrogen-bond donors (Lipinski definition) is 0. The Morgan fingerprint density at radius 2 is 1.46 bits per heavy atom. The van der Waals surface area contributed by atoms with Gasteiger partial charge in [0.15, 0.2) is 0 Å². The summed E-state index contributed by atoms with van der Waals surface area (Å²) in [6.45, 7) is 0. The zero-order chi connectivity index (χ0) is 9.52. The van der Waals surface area contributed by atoms with Gasteiger partial charge in [-0.1, -0.05) is 0 Å². The normalized spacial score (nSPS) is 6.92. The Labute approximate surface area is 108 Å². The van der Waals surface area contributed by atoms with Gasteiger partial charge in [-0.15, -0.1) is 0 Å². The van der Waals surface area contributed by atoms with E-state index >= 15 is 0 Å². The topological polar surface area (TPSA) is 0 Å². The third kappa shape index (κ3) is 4.63. The van der Waals surface area contributed by atoms with E-state index < -0.39 is 49.1 Å². The van der Waals surface area contributed by atoms with Crippen molar-refractivity contribution in [1.82, 2.24) is 0 Å². The van der Waals surface area contributed by atoms with E-state index in [1.165, 1.54) is 9.75 Å². The van der Waals surface area contributed by atoms with Gasteiger partial charge in [-0.3, -0.25) is 0 Å². The first-order valence-electron chi connectivity index (χ1n) is 4.44. The Bertz CT molecular complexity index is 348. The number of thiophene rings is 1. The minimum atomic E-state index is -0.738. The van der Waals surface area contributed by atoms with Gasteiger partial charge in [0.2, 0.25) is 0 Å². The van der Waals surface area contributed by atoms with Crippen molar-refractivity contribution in [3.63, 3.8) is 0 Å². The van der Waals surface area contributed by atoms with Crippen LogP contribution in [0.25, 0.3) is 0 Å². The Morgan fingerprint density at radius 3 is 1.85 bits per heavy atom. The summed E-state index contributed by atoms with van der Waals surface area (Å²) in [5.41, 5.74) is 0. The second kappa shape index (κ2) is 7.04. The summed E-state index contributed by atoms with van der Waals surface area (Å²) in [7, 11) is 0. The van der Waals surface area contributed by atoms with E-state index in [9.17, 15) is 0 Å². The van der Waals surface area contributed by atoms with Gasteiger partial charge in [-0.05, 0) is 0 Å². The van der Waals surface area contributed by atoms with Crippen molar-refractivity contribution in [3.8, 4) is 18.7 Å². The Kier molecular flexibility index (Phi) is 6.37. The van der Waals surface area contributed by atoms with Crippen LogP contribution in [-0.2, 0) is 49.1 Å². The van der Waals surface area contributed by atoms with E-state index in [2.05, 4.69) is 39.7 Å². The summed E-state index contributed by atoms with van der Waals surface area (Å²) >= 11 is 0.260. The molecule has 0 amide bonds. The number of hydrogen-bond acceptors (Lipinski definition) is 1. The third-order valence-corrected chi connectivity index (χ3v) is 6.42. The Morgan fingerprint density at radius 1 is 1.00 bits per heavy atom. The molecule has 0 bridgehead atoms. The molecule has 0 atom stereocenters. The van der Waals surface area contributed by atoms with Crippen LogP contribution in [0.2, 0.25) is 8.86 Å². The predicted octanol–water partition coefficient (Wildman–Crippen LogP) is 2.63. The van der Waals surface area contributed by atoms with E-state index in [1.54, 1.807) is 11.3 Å². The molecule has 0 aromatic carbocycles. The molecule has 0 spiro atoms. The Balaban J connectivity index is 2.75. The zero-order valence-electron chi connectivity index (χ0n) is 7.98. The summed E-state index contributed by atoms with van der Waals surface area (Å²) in [6, 6.07) is 4.19. The zero-order valence-corrected chi connectivity index (χ0v) is 19.8. The van der Waals surface area contributed by atoms with Crippen LogP contribution >= 0.6 is 11.3 Å². The van der Waals surface area contributed by atoms with Crippen LogP contribution in [0.15, 0.2) is 12.1 Å². The van der Waals surface area contributed by atoms with Crippen molar-refractivity contribution >= 4 is 11.3 Å². The Hall–Kier alpha value is 0.690. The van der Waals surface area contributed by atoms with Crippen molar-refractivity contribution in [2.45, 2.75) is 8.86 Å². The van der Waals surface area contributed by atoms with Crippen LogP contribution in [-0.4, -0.2) is 0 Å². The molecule has 0 radical (unpaired) electrons. The minimum absolute atomic E-state index is 0.738. The summed E-state index contributed by atoms with van der Waals surface area (Å²) in [5, 5.41) is 0. The molecule has 0 fully saturated rings. The quantitative estimate of drug-likeness (QED) is 0.338. The fourth-order valence-electron chi connectivity index (χ4n) is 0.823. The average Bonchev–Trinajstić information content (AvgIpc) is 2.59. The molecule has 13 heavy (non-hydrogen) atoms. The molecule has 1 aromatic heterocycles. The van der Waals surface area contributed by atoms with Crippen LogP contribution in [0, 0.1) is 18.7 Å². The summed E-state index contributed by atoms with van der Waals surface area (Å²) in [5.74, 6) is 6.42. The van der Waals surface area contributed by atoms with Gasteiger partial charge in [0, 0.05) is 0 Å². The van der Waals surface area contributed by atoms with E-state index in [0.717, 1.165) is 0 Å². The molecule has 0 unspecified atom stereocenters. The van der Waals surface area contributed by atoms with E-state index in [-0.39, 0.29) is 0 Å². The molecule has 0 saturated carbocycles. The van der Waals surface area contributed by atoms with Crippen LogP contribution in [0.1, 0.15) is 9.75 Å². The molecule has 3 heteroatoms. The van der Waals surface area contributed by atoms with Gasteiger partial charge in [0.25, 0.3) is 0 Å². The van der Waals surface area contributed by atoms with Crippen molar-refractivity contribution in [3.05, 3.63) is 21.9 Å². The second-order valence-corrected chi connectivity index (χ2v) is 11.8. The maximum absolute atomic E-state index is 3.28. The second-order valence-electron chi connectivity index (χ2n) is 2.47. The maximum atomic E-state index is 3.28. The van der Waals surface area contributed by atoms with Crippen molar-refractivity contribution < 1.29 is 49.1 Å². The van der Waals surface area contributed by atoms with Crippen LogP contribution < -0.4 is 0 Å². The predicted molar refractivity (Wildman–Crippen MR) is 49.8 cm³/mol. The first kappa shape index (κ1) is 11.8. The monoisotopic (exact) mass is 564 g/mol. The molecule has 0 aliphatic heterocycles. The fourth-order valence-corrected chi connectivity index (χ4v) is 5.43. The molecule has 0 nitrogen and oxygen atoms in total. The molecule has 0 saturated heterocycles. The molecule has 0 aliphatic carbocycles. The van der Waals surface area contributed by atoms with E-state index in [4.69, 9.17) is 0 Å². The standard InChI is InChI=1S/C8H2S.2CH3.2Hg/c1-3-7-5-6-8(4-2)9-7;;;;/h5-6H;2*1H3;;. The van der Waals surface area contributed by atoms with Gasteiger partial charge in [0.1, 0.15) is 0 Å². The first-order chi connectivity index (χ1) is 6.36. The van der Waals surface area contributed by atoms with Crippen LogP contribution in [0.3, 0.4) is 0 Å². The van der Waals surface area contributed by atoms with Gasteiger partial charge in [-0.25, -0.2) is 0 Å². The van der Waals surface area contributed by atoms with E-state index in [1.807, 2.05) is 0 Å². The molecule has 1 aromatic rings. The molecule has 0 aliphatic rings. The summed E-state index contributed by atoms with van der Waals surface area (Å²) in [6.07, 6.45) is 0. The summed E-state index contributed by atoms with van der Waals surface area (Å²) in [4.78, 5) is 2.39. The SMILES string of the molecule is [CH3][Hg][C]#Cc1ccc(C#[C][Hg][CH3])s1. The van der Waals surface area contributed by atoms with Gasteiger partial charge in [0.05, 0.1) is 0 Å². The molecule has 1 rings (SSSR count). The van der Waals surface area contributed by atoms with Gasteiger partial charge in [-0.2, -0.15) is 0 Å². The van der Waals surface area contributed by atoms with Gasteiger partial charge < -0.3 is 0 Å². The molecule has 1 heterocycles. The van der Waals surface area contributed by atoms with Crippen LogP contribution in [0.5, 0.6) is 0 Å². The summed E-state index contributed by atoms with van der Waals surface area (Å²) < 4.78 is 11.1. The van der Waals surface area contributed by atoms with Crippen molar-refractivity contribution in [1.29, 1.82) is 0 Å². The number of rotatable bonds is 0. The third-order valence-electron chi connectivity index (χ3n) is 1.38. The first-order valence-corrected chi connectivity index (χ1v) is 21.7. The molecular weight excluding hydrogens is 553 g/mol. The molecular formula is C10H8Hg2S.